The summed E-state index contributed by atoms with van der Waals surface area (Å²) in [6.45, 7) is 3.67. The van der Waals surface area contributed by atoms with E-state index in [1.807, 2.05) is 31.2 Å². The van der Waals surface area contributed by atoms with Gasteiger partial charge in [-0.05, 0) is 49.7 Å². The van der Waals surface area contributed by atoms with Gasteiger partial charge in [-0.1, -0.05) is 0 Å². The van der Waals surface area contributed by atoms with Crippen LogP contribution in [-0.4, -0.2) is 50.1 Å². The molecule has 0 aromatic carbocycles. The van der Waals surface area contributed by atoms with Gasteiger partial charge >= 0.3 is 6.03 Å². The largest absolute Gasteiger partial charge is 0.366 e. The Morgan fingerprint density at radius 2 is 2.10 bits per heavy atom. The van der Waals surface area contributed by atoms with E-state index in [1.165, 1.54) is 0 Å². The lowest BCUT2D eigenvalue weighted by molar-refractivity contribution is 0.254. The van der Waals surface area contributed by atoms with Gasteiger partial charge < -0.3 is 9.88 Å². The second-order valence-corrected chi connectivity index (χ2v) is 7.88. The van der Waals surface area contributed by atoms with Crippen LogP contribution in [0.15, 0.2) is 48.9 Å². The quantitative estimate of drug-likeness (QED) is 0.523. The molecule has 2 aliphatic heterocycles. The zero-order valence-electron chi connectivity index (χ0n) is 16.9. The van der Waals surface area contributed by atoms with Crippen LogP contribution >= 0.6 is 0 Å². The number of nitrogens with zero attached hydrogens (tertiary/aromatic N) is 6. The number of hydrogen-bond donors (Lipinski definition) is 2. The van der Waals surface area contributed by atoms with E-state index in [4.69, 9.17) is 4.98 Å². The molecule has 2 bridgehead atoms. The van der Waals surface area contributed by atoms with Crippen molar-refractivity contribution in [1.29, 1.82) is 0 Å². The maximum absolute atomic E-state index is 13.4. The molecular formula is C22H20N8O. The second-order valence-electron chi connectivity index (χ2n) is 7.88. The van der Waals surface area contributed by atoms with Crippen LogP contribution in [0.2, 0.25) is 0 Å². The molecule has 1 saturated heterocycles. The summed E-state index contributed by atoms with van der Waals surface area (Å²) in [6, 6.07) is 11.5. The van der Waals surface area contributed by atoms with Crippen LogP contribution in [-0.2, 0) is 0 Å². The Morgan fingerprint density at radius 1 is 1.16 bits per heavy atom. The number of nitrogens with one attached hydrogen (secondary N) is 2. The number of imidazole rings is 1. The molecule has 1 fully saturated rings. The van der Waals surface area contributed by atoms with E-state index >= 15 is 0 Å². The number of H-pyrrole nitrogens is 1. The van der Waals surface area contributed by atoms with Crippen molar-refractivity contribution in [2.45, 2.75) is 19.4 Å². The minimum atomic E-state index is -0.231. The molecule has 0 saturated carbocycles. The molecule has 9 nitrogen and oxygen atoms in total. The normalized spacial score (nSPS) is 17.1. The summed E-state index contributed by atoms with van der Waals surface area (Å²) >= 11 is 0. The number of fused-ring (bicyclic) bond motifs is 5. The van der Waals surface area contributed by atoms with Crippen LogP contribution in [0.25, 0.3) is 22.4 Å². The Balaban J connectivity index is 1.38. The molecule has 2 N–H and O–H groups in total. The Kier molecular flexibility index (Phi) is 3.89. The highest BCUT2D eigenvalue weighted by Crippen LogP contribution is 2.40. The van der Waals surface area contributed by atoms with E-state index in [2.05, 4.69) is 36.2 Å². The smallest absolute Gasteiger partial charge is 0.329 e. The summed E-state index contributed by atoms with van der Waals surface area (Å²) in [5.74, 6) is 1.14. The molecule has 0 unspecified atom stereocenters. The second kappa shape index (κ2) is 6.76. The molecule has 4 aromatic rings. The monoisotopic (exact) mass is 412 g/mol. The predicted octanol–water partition coefficient (Wildman–Crippen LogP) is 3.35. The Labute approximate surface area is 178 Å². The lowest BCUT2D eigenvalue weighted by Crippen LogP contribution is -2.48. The highest BCUT2D eigenvalue weighted by Gasteiger charge is 2.40. The van der Waals surface area contributed by atoms with Crippen molar-refractivity contribution in [3.63, 3.8) is 0 Å². The standard InChI is InChI=1S/C22H20N8O/c1-13-10-14(6-8-23-13)16-2-4-18-21(26-16)30(15-7-9-29(18)11-15)22(31)28-19-5-3-17-20(27-19)25-12-24-17/h2-6,8,10,12,15H,7,9,11H2,1H3,(H2,24,25,27,28,31)/t15-/m0/s1. The molecule has 6 rings (SSSR count). The number of aryl methyl sites for hydroxylation is 1. The number of aromatic nitrogens is 5. The van der Waals surface area contributed by atoms with Crippen molar-refractivity contribution in [3.8, 4) is 11.3 Å². The van der Waals surface area contributed by atoms with Gasteiger partial charge in [0.25, 0.3) is 0 Å². The van der Waals surface area contributed by atoms with Crippen LogP contribution in [0, 0.1) is 6.92 Å². The number of aromatic amines is 1. The first-order valence-electron chi connectivity index (χ1n) is 10.2. The van der Waals surface area contributed by atoms with Crippen LogP contribution in [0.5, 0.6) is 0 Å². The minimum absolute atomic E-state index is 0.0727. The summed E-state index contributed by atoms with van der Waals surface area (Å²) in [6.07, 6.45) is 4.27. The van der Waals surface area contributed by atoms with Crippen LogP contribution in [0.3, 0.4) is 0 Å². The van der Waals surface area contributed by atoms with E-state index in [9.17, 15) is 4.79 Å². The van der Waals surface area contributed by atoms with Crippen molar-refractivity contribution in [3.05, 3.63) is 54.6 Å². The molecule has 1 atom stereocenters. The summed E-state index contributed by atoms with van der Waals surface area (Å²) in [5.41, 5.74) is 5.10. The summed E-state index contributed by atoms with van der Waals surface area (Å²) < 4.78 is 0. The minimum Gasteiger partial charge on any atom is -0.366 e. The van der Waals surface area contributed by atoms with E-state index in [0.29, 0.717) is 17.3 Å². The molecular weight excluding hydrogens is 392 g/mol. The van der Waals surface area contributed by atoms with Gasteiger partial charge in [0, 0.05) is 30.5 Å². The van der Waals surface area contributed by atoms with Crippen molar-refractivity contribution in [2.24, 2.45) is 0 Å². The fourth-order valence-corrected chi connectivity index (χ4v) is 4.40. The molecule has 0 spiro atoms. The van der Waals surface area contributed by atoms with Gasteiger partial charge in [-0.2, -0.15) is 0 Å². The Bertz CT molecular complexity index is 1320. The lowest BCUT2D eigenvalue weighted by Gasteiger charge is -2.35. The van der Waals surface area contributed by atoms with Gasteiger partial charge in [0.15, 0.2) is 11.5 Å². The fourth-order valence-electron chi connectivity index (χ4n) is 4.40. The van der Waals surface area contributed by atoms with E-state index < -0.39 is 0 Å². The number of urea groups is 1. The summed E-state index contributed by atoms with van der Waals surface area (Å²) in [4.78, 5) is 38.2. The van der Waals surface area contributed by atoms with Gasteiger partial charge in [0.1, 0.15) is 5.82 Å². The van der Waals surface area contributed by atoms with E-state index in [1.54, 1.807) is 23.5 Å². The number of carbonyl (C=O) groups is 1. The summed E-state index contributed by atoms with van der Waals surface area (Å²) in [5, 5.41) is 2.94. The SMILES string of the molecule is Cc1cc(-c2ccc3c(n2)N(C(=O)Nc2ccc4[nH]cnc4n2)[C@H]2CCN3C2)ccn1. The third-order valence-corrected chi connectivity index (χ3v) is 5.88. The first kappa shape index (κ1) is 17.8. The van der Waals surface area contributed by atoms with Crippen molar-refractivity contribution in [1.82, 2.24) is 24.9 Å². The highest BCUT2D eigenvalue weighted by atomic mass is 16.2. The first-order chi connectivity index (χ1) is 15.2. The summed E-state index contributed by atoms with van der Waals surface area (Å²) in [7, 11) is 0. The molecule has 2 amide bonds. The Morgan fingerprint density at radius 3 is 3.00 bits per heavy atom. The maximum Gasteiger partial charge on any atom is 0.329 e. The highest BCUT2D eigenvalue weighted by molar-refractivity contribution is 6.04. The number of rotatable bonds is 2. The molecule has 9 heteroatoms. The average molecular weight is 412 g/mol. The van der Waals surface area contributed by atoms with Crippen LogP contribution in [0.4, 0.5) is 22.1 Å². The first-order valence-corrected chi connectivity index (χ1v) is 10.2. The van der Waals surface area contributed by atoms with Gasteiger partial charge in [0.2, 0.25) is 0 Å². The van der Waals surface area contributed by atoms with Gasteiger partial charge in [-0.3, -0.25) is 15.2 Å². The number of carbonyl (C=O) groups excluding carboxylic acids is 1. The van der Waals surface area contributed by atoms with Crippen LogP contribution in [0.1, 0.15) is 12.1 Å². The molecule has 4 aromatic heterocycles. The third-order valence-electron chi connectivity index (χ3n) is 5.88. The molecule has 31 heavy (non-hydrogen) atoms. The molecule has 6 heterocycles. The topological polar surface area (TPSA) is 103 Å². The Hall–Kier alpha value is -4.01. The average Bonchev–Trinajstić information content (AvgIpc) is 3.41. The number of pyridine rings is 3. The molecule has 154 valence electrons. The molecule has 2 aliphatic rings. The van der Waals surface area contributed by atoms with Crippen molar-refractivity contribution in [2.75, 3.05) is 28.2 Å². The third kappa shape index (κ3) is 2.97. The number of hydrogen-bond acceptors (Lipinski definition) is 6. The predicted molar refractivity (Wildman–Crippen MR) is 118 cm³/mol. The zero-order valence-corrected chi connectivity index (χ0v) is 16.9. The lowest BCUT2D eigenvalue weighted by atomic mass is 10.1. The van der Waals surface area contributed by atoms with E-state index in [0.717, 1.165) is 47.7 Å². The van der Waals surface area contributed by atoms with Crippen LogP contribution < -0.4 is 15.1 Å². The van der Waals surface area contributed by atoms with Crippen molar-refractivity contribution >= 4 is 34.5 Å². The van der Waals surface area contributed by atoms with Gasteiger partial charge in [0.05, 0.1) is 29.3 Å². The van der Waals surface area contributed by atoms with Crippen molar-refractivity contribution < 1.29 is 4.79 Å². The molecule has 0 aliphatic carbocycles. The maximum atomic E-state index is 13.4. The van der Waals surface area contributed by atoms with Gasteiger partial charge in [-0.25, -0.2) is 19.7 Å². The molecule has 0 radical (unpaired) electrons. The van der Waals surface area contributed by atoms with Gasteiger partial charge in [-0.15, -0.1) is 0 Å². The number of anilines is 3. The number of amides is 2. The zero-order chi connectivity index (χ0) is 20.9. The van der Waals surface area contributed by atoms with E-state index in [-0.39, 0.29) is 12.1 Å². The fraction of sp³-hybridized carbons (Fsp3) is 0.227.